The molecule has 0 aliphatic rings. The van der Waals surface area contributed by atoms with Crippen molar-refractivity contribution >= 4 is 23.2 Å². The first kappa shape index (κ1) is 10.4. The highest BCUT2D eigenvalue weighted by Gasteiger charge is 2.08. The van der Waals surface area contributed by atoms with Crippen LogP contribution in [0.1, 0.15) is 0 Å². The van der Waals surface area contributed by atoms with Crippen LogP contribution in [-0.2, 0) is 0 Å². The molecule has 0 spiro atoms. The smallest absolute Gasteiger partial charge is 0.176 e. The van der Waals surface area contributed by atoms with E-state index in [4.69, 9.17) is 33.7 Å². The first-order valence-electron chi connectivity index (χ1n) is 3.66. The standard InChI is InChI=1S/C8H9Cl2NO2/c9-5-3-6(10)8(12)7(4-5)13-2-1-11/h3-4,12H,1-2,11H2. The fourth-order valence-electron chi connectivity index (χ4n) is 0.821. The van der Waals surface area contributed by atoms with Gasteiger partial charge < -0.3 is 15.6 Å². The molecule has 0 unspecified atom stereocenters. The molecule has 0 saturated heterocycles. The summed E-state index contributed by atoms with van der Waals surface area (Å²) in [4.78, 5) is 0. The van der Waals surface area contributed by atoms with Crippen LogP contribution >= 0.6 is 23.2 Å². The number of benzene rings is 1. The molecule has 0 aliphatic carbocycles. The van der Waals surface area contributed by atoms with Crippen LogP contribution in [0.25, 0.3) is 0 Å². The van der Waals surface area contributed by atoms with Gasteiger partial charge in [-0.25, -0.2) is 0 Å². The molecule has 5 heteroatoms. The lowest BCUT2D eigenvalue weighted by Gasteiger charge is -2.08. The van der Waals surface area contributed by atoms with Crippen molar-refractivity contribution in [2.75, 3.05) is 13.2 Å². The molecule has 0 bridgehead atoms. The zero-order valence-electron chi connectivity index (χ0n) is 6.76. The molecule has 0 amide bonds. The van der Waals surface area contributed by atoms with Crippen LogP contribution < -0.4 is 10.5 Å². The van der Waals surface area contributed by atoms with Crippen LogP contribution in [0.3, 0.4) is 0 Å². The van der Waals surface area contributed by atoms with E-state index < -0.39 is 0 Å². The third-order valence-corrected chi connectivity index (χ3v) is 1.87. The lowest BCUT2D eigenvalue weighted by molar-refractivity contribution is 0.309. The third kappa shape index (κ3) is 2.66. The number of phenols is 1. The Morgan fingerprint density at radius 2 is 2.08 bits per heavy atom. The molecule has 0 fully saturated rings. The number of hydrogen-bond donors (Lipinski definition) is 2. The summed E-state index contributed by atoms with van der Waals surface area (Å²) in [6.45, 7) is 0.674. The average Bonchev–Trinajstić information content (AvgIpc) is 2.09. The van der Waals surface area contributed by atoms with Crippen molar-refractivity contribution in [2.24, 2.45) is 5.73 Å². The van der Waals surface area contributed by atoms with E-state index in [9.17, 15) is 5.11 Å². The van der Waals surface area contributed by atoms with Gasteiger partial charge in [-0.1, -0.05) is 23.2 Å². The van der Waals surface area contributed by atoms with Gasteiger partial charge in [0.15, 0.2) is 11.5 Å². The molecule has 0 saturated carbocycles. The molecule has 1 aromatic rings. The topological polar surface area (TPSA) is 55.5 Å². The molecule has 13 heavy (non-hydrogen) atoms. The van der Waals surface area contributed by atoms with Gasteiger partial charge in [-0.05, 0) is 6.07 Å². The Balaban J connectivity index is 2.92. The van der Waals surface area contributed by atoms with E-state index in [0.29, 0.717) is 18.2 Å². The Bertz CT molecular complexity index is 304. The van der Waals surface area contributed by atoms with Crippen LogP contribution in [-0.4, -0.2) is 18.3 Å². The van der Waals surface area contributed by atoms with Crippen molar-refractivity contribution in [1.82, 2.24) is 0 Å². The van der Waals surface area contributed by atoms with Crippen molar-refractivity contribution in [3.63, 3.8) is 0 Å². The fraction of sp³-hybridized carbons (Fsp3) is 0.250. The van der Waals surface area contributed by atoms with Gasteiger partial charge in [0, 0.05) is 17.6 Å². The van der Waals surface area contributed by atoms with Gasteiger partial charge in [0.2, 0.25) is 0 Å². The molecular formula is C8H9Cl2NO2. The van der Waals surface area contributed by atoms with Crippen molar-refractivity contribution in [1.29, 1.82) is 0 Å². The maximum Gasteiger partial charge on any atom is 0.176 e. The van der Waals surface area contributed by atoms with Gasteiger partial charge in [-0.15, -0.1) is 0 Å². The van der Waals surface area contributed by atoms with Crippen molar-refractivity contribution in [3.05, 3.63) is 22.2 Å². The highest BCUT2D eigenvalue weighted by molar-refractivity contribution is 6.35. The summed E-state index contributed by atoms with van der Waals surface area (Å²) < 4.78 is 5.10. The van der Waals surface area contributed by atoms with Crippen molar-refractivity contribution in [2.45, 2.75) is 0 Å². The molecule has 1 rings (SSSR count). The largest absolute Gasteiger partial charge is 0.503 e. The molecule has 72 valence electrons. The summed E-state index contributed by atoms with van der Waals surface area (Å²) in [6.07, 6.45) is 0. The van der Waals surface area contributed by atoms with Crippen LogP contribution in [0, 0.1) is 0 Å². The van der Waals surface area contributed by atoms with E-state index in [2.05, 4.69) is 0 Å². The Morgan fingerprint density at radius 3 is 2.69 bits per heavy atom. The highest BCUT2D eigenvalue weighted by atomic mass is 35.5. The van der Waals surface area contributed by atoms with E-state index in [0.717, 1.165) is 0 Å². The Morgan fingerprint density at radius 1 is 1.38 bits per heavy atom. The minimum atomic E-state index is -0.112. The number of phenolic OH excluding ortho intramolecular Hbond substituents is 1. The SMILES string of the molecule is NCCOc1cc(Cl)cc(Cl)c1O. The predicted octanol–water partition coefficient (Wildman–Crippen LogP) is 2.04. The molecular weight excluding hydrogens is 213 g/mol. The van der Waals surface area contributed by atoms with Crippen LogP contribution in [0.4, 0.5) is 0 Å². The number of ether oxygens (including phenoxy) is 1. The van der Waals surface area contributed by atoms with Crippen LogP contribution in [0.2, 0.25) is 10.0 Å². The summed E-state index contributed by atoms with van der Waals surface area (Å²) in [5.74, 6) is 0.141. The molecule has 3 nitrogen and oxygen atoms in total. The summed E-state index contributed by atoms with van der Waals surface area (Å²) in [7, 11) is 0. The summed E-state index contributed by atoms with van der Waals surface area (Å²) in [5.41, 5.74) is 5.23. The van der Waals surface area contributed by atoms with Gasteiger partial charge in [-0.3, -0.25) is 0 Å². The maximum absolute atomic E-state index is 9.39. The predicted molar refractivity (Wildman–Crippen MR) is 52.7 cm³/mol. The van der Waals surface area contributed by atoms with E-state index in [1.165, 1.54) is 12.1 Å². The zero-order valence-corrected chi connectivity index (χ0v) is 8.27. The lowest BCUT2D eigenvalue weighted by Crippen LogP contribution is -2.10. The fourth-order valence-corrected chi connectivity index (χ4v) is 1.30. The van der Waals surface area contributed by atoms with Gasteiger partial charge in [0.1, 0.15) is 6.61 Å². The molecule has 0 aromatic heterocycles. The first-order chi connectivity index (χ1) is 6.15. The number of nitrogens with two attached hydrogens (primary N) is 1. The molecule has 1 aromatic carbocycles. The second kappa shape index (κ2) is 4.56. The highest BCUT2D eigenvalue weighted by Crippen LogP contribution is 2.36. The van der Waals surface area contributed by atoms with E-state index >= 15 is 0 Å². The second-order valence-electron chi connectivity index (χ2n) is 2.37. The summed E-state index contributed by atoms with van der Waals surface area (Å²) >= 11 is 11.3. The number of hydrogen-bond acceptors (Lipinski definition) is 3. The Kier molecular flexibility index (Phi) is 3.66. The van der Waals surface area contributed by atoms with E-state index in [-0.39, 0.29) is 16.5 Å². The van der Waals surface area contributed by atoms with Gasteiger partial charge in [-0.2, -0.15) is 0 Å². The van der Waals surface area contributed by atoms with E-state index in [1.807, 2.05) is 0 Å². The minimum Gasteiger partial charge on any atom is -0.503 e. The zero-order chi connectivity index (χ0) is 9.84. The minimum absolute atomic E-state index is 0.112. The molecule has 0 atom stereocenters. The molecule has 0 aliphatic heterocycles. The number of halogens is 2. The monoisotopic (exact) mass is 221 g/mol. The molecule has 3 N–H and O–H groups in total. The van der Waals surface area contributed by atoms with Gasteiger partial charge >= 0.3 is 0 Å². The van der Waals surface area contributed by atoms with Crippen molar-refractivity contribution in [3.8, 4) is 11.5 Å². The average molecular weight is 222 g/mol. The molecule has 0 radical (unpaired) electrons. The second-order valence-corrected chi connectivity index (χ2v) is 3.22. The first-order valence-corrected chi connectivity index (χ1v) is 4.41. The van der Waals surface area contributed by atoms with Crippen LogP contribution in [0.5, 0.6) is 11.5 Å². The quantitative estimate of drug-likeness (QED) is 0.822. The third-order valence-electron chi connectivity index (χ3n) is 1.37. The lowest BCUT2D eigenvalue weighted by atomic mass is 10.3. The van der Waals surface area contributed by atoms with Gasteiger partial charge in [0.25, 0.3) is 0 Å². The van der Waals surface area contributed by atoms with Crippen LogP contribution in [0.15, 0.2) is 12.1 Å². The number of rotatable bonds is 3. The Hall–Kier alpha value is -0.640. The van der Waals surface area contributed by atoms with Crippen molar-refractivity contribution < 1.29 is 9.84 Å². The van der Waals surface area contributed by atoms with Gasteiger partial charge in [0.05, 0.1) is 5.02 Å². The molecule has 0 heterocycles. The van der Waals surface area contributed by atoms with E-state index in [1.54, 1.807) is 0 Å². The normalized spacial score (nSPS) is 10.1. The maximum atomic E-state index is 9.39. The summed E-state index contributed by atoms with van der Waals surface area (Å²) in [5, 5.41) is 9.97. The summed E-state index contributed by atoms with van der Waals surface area (Å²) in [6, 6.07) is 2.92. The number of aromatic hydroxyl groups is 1. The Labute approximate surface area is 86.0 Å².